The van der Waals surface area contributed by atoms with Gasteiger partial charge in [-0.05, 0) is 61.1 Å². The number of rotatable bonds is 5. The smallest absolute Gasteiger partial charge is 0.124 e. The van der Waals surface area contributed by atoms with Gasteiger partial charge in [-0.1, -0.05) is 24.3 Å². The van der Waals surface area contributed by atoms with Crippen molar-refractivity contribution in [3.05, 3.63) is 59.7 Å². The molecule has 2 unspecified atom stereocenters. The molecule has 2 atom stereocenters. The molecule has 0 aromatic heterocycles. The average molecular weight is 266 g/mol. The Morgan fingerprint density at radius 2 is 1.20 bits per heavy atom. The first-order chi connectivity index (χ1) is 9.88. The normalized spacial score (nSPS) is 21.6. The molecule has 2 nitrogen and oxygen atoms in total. The number of unbranched alkanes of at least 4 members (excludes halogenated alkanes) is 1. The van der Waals surface area contributed by atoms with Gasteiger partial charge in [-0.2, -0.15) is 0 Å². The van der Waals surface area contributed by atoms with Gasteiger partial charge in [0, 0.05) is 0 Å². The Hall–Kier alpha value is -1.96. The van der Waals surface area contributed by atoms with Crippen LogP contribution >= 0.6 is 0 Å². The first-order valence-electron chi connectivity index (χ1n) is 7.42. The zero-order valence-corrected chi connectivity index (χ0v) is 11.4. The third kappa shape index (κ3) is 2.15. The summed E-state index contributed by atoms with van der Waals surface area (Å²) in [4.78, 5) is 0. The lowest BCUT2D eigenvalue weighted by Gasteiger charge is -2.14. The standard InChI is InChI=1S/C18H18O2/c1(9-17-13-5-3-7-15(11-13)19-17)2-10-18-14-6-4-8-16(12-14)20-18/h3-8,11-12,17-18H,1-2,9-10H2. The van der Waals surface area contributed by atoms with Gasteiger partial charge < -0.3 is 9.47 Å². The fourth-order valence-corrected chi connectivity index (χ4v) is 3.15. The number of hydrogen-bond acceptors (Lipinski definition) is 2. The van der Waals surface area contributed by atoms with E-state index in [-0.39, 0.29) is 12.2 Å². The molecule has 0 saturated heterocycles. The Balaban J connectivity index is 1.24. The molecule has 2 aromatic rings. The second-order valence-electron chi connectivity index (χ2n) is 5.64. The fraction of sp³-hybridized carbons (Fsp3) is 0.333. The highest BCUT2D eigenvalue weighted by atomic mass is 16.5. The van der Waals surface area contributed by atoms with Crippen molar-refractivity contribution in [2.75, 3.05) is 0 Å². The van der Waals surface area contributed by atoms with E-state index < -0.39 is 0 Å². The van der Waals surface area contributed by atoms with Crippen LogP contribution < -0.4 is 9.47 Å². The van der Waals surface area contributed by atoms with Crippen molar-refractivity contribution in [3.8, 4) is 11.5 Å². The van der Waals surface area contributed by atoms with E-state index in [1.54, 1.807) is 0 Å². The summed E-state index contributed by atoms with van der Waals surface area (Å²) >= 11 is 0. The van der Waals surface area contributed by atoms with E-state index >= 15 is 0 Å². The summed E-state index contributed by atoms with van der Waals surface area (Å²) in [6, 6.07) is 16.8. The highest BCUT2D eigenvalue weighted by Crippen LogP contribution is 2.37. The lowest BCUT2D eigenvalue weighted by Crippen LogP contribution is -2.03. The number of fused-ring (bicyclic) bond motifs is 4. The van der Waals surface area contributed by atoms with Gasteiger partial charge in [-0.25, -0.2) is 0 Å². The van der Waals surface area contributed by atoms with Gasteiger partial charge in [0.25, 0.3) is 0 Å². The van der Waals surface area contributed by atoms with Gasteiger partial charge in [-0.15, -0.1) is 0 Å². The van der Waals surface area contributed by atoms with Crippen LogP contribution in [0.5, 0.6) is 11.5 Å². The van der Waals surface area contributed by atoms with E-state index in [4.69, 9.17) is 9.47 Å². The minimum absolute atomic E-state index is 0.269. The molecule has 2 aromatic carbocycles. The summed E-state index contributed by atoms with van der Waals surface area (Å²) in [5, 5.41) is 0. The van der Waals surface area contributed by atoms with E-state index in [0.717, 1.165) is 24.3 Å². The monoisotopic (exact) mass is 266 g/mol. The van der Waals surface area contributed by atoms with Crippen LogP contribution in [0.25, 0.3) is 0 Å². The third-order valence-corrected chi connectivity index (χ3v) is 4.20. The maximum atomic E-state index is 5.87. The Kier molecular flexibility index (Phi) is 2.87. The Morgan fingerprint density at radius 1 is 0.700 bits per heavy atom. The fourth-order valence-electron chi connectivity index (χ4n) is 3.15. The van der Waals surface area contributed by atoms with Crippen molar-refractivity contribution in [2.24, 2.45) is 0 Å². The van der Waals surface area contributed by atoms with Gasteiger partial charge in [0.15, 0.2) is 0 Å². The van der Waals surface area contributed by atoms with Crippen molar-refractivity contribution in [3.63, 3.8) is 0 Å². The molecule has 2 aliphatic heterocycles. The number of benzene rings is 2. The molecule has 0 fully saturated rings. The second-order valence-corrected chi connectivity index (χ2v) is 5.64. The van der Waals surface area contributed by atoms with Crippen LogP contribution in [-0.2, 0) is 0 Å². The largest absolute Gasteiger partial charge is 0.486 e. The van der Waals surface area contributed by atoms with E-state index in [2.05, 4.69) is 36.4 Å². The first kappa shape index (κ1) is 11.8. The molecule has 0 amide bonds. The molecular formula is C18H18O2. The van der Waals surface area contributed by atoms with Crippen LogP contribution in [0.2, 0.25) is 0 Å². The quantitative estimate of drug-likeness (QED) is 0.723. The van der Waals surface area contributed by atoms with E-state index in [0.29, 0.717) is 0 Å². The van der Waals surface area contributed by atoms with Crippen LogP contribution in [0.4, 0.5) is 0 Å². The van der Waals surface area contributed by atoms with E-state index in [1.807, 2.05) is 12.1 Å². The minimum Gasteiger partial charge on any atom is -0.486 e. The summed E-state index contributed by atoms with van der Waals surface area (Å²) in [6.07, 6.45) is 5.09. The van der Waals surface area contributed by atoms with Crippen molar-refractivity contribution in [1.29, 1.82) is 0 Å². The highest BCUT2D eigenvalue weighted by Gasteiger charge is 2.22. The number of hydrogen-bond donors (Lipinski definition) is 0. The Labute approximate surface area is 119 Å². The molecule has 0 spiro atoms. The van der Waals surface area contributed by atoms with Crippen LogP contribution in [0.15, 0.2) is 48.5 Å². The molecule has 2 heteroatoms. The maximum Gasteiger partial charge on any atom is 0.124 e. The van der Waals surface area contributed by atoms with E-state index in [1.165, 1.54) is 24.0 Å². The van der Waals surface area contributed by atoms with Crippen LogP contribution in [0, 0.1) is 0 Å². The summed E-state index contributed by atoms with van der Waals surface area (Å²) in [5.74, 6) is 2.03. The third-order valence-electron chi connectivity index (χ3n) is 4.20. The molecule has 0 radical (unpaired) electrons. The van der Waals surface area contributed by atoms with Gasteiger partial charge in [-0.3, -0.25) is 0 Å². The molecule has 20 heavy (non-hydrogen) atoms. The predicted octanol–water partition coefficient (Wildman–Crippen LogP) is 4.81. The summed E-state index contributed by atoms with van der Waals surface area (Å²) in [5.41, 5.74) is 2.65. The highest BCUT2D eigenvalue weighted by molar-refractivity contribution is 5.36. The van der Waals surface area contributed by atoms with Crippen molar-refractivity contribution in [1.82, 2.24) is 0 Å². The molecule has 0 saturated carbocycles. The summed E-state index contributed by atoms with van der Waals surface area (Å²) < 4.78 is 11.7. The topological polar surface area (TPSA) is 18.5 Å². The second kappa shape index (κ2) is 4.86. The van der Waals surface area contributed by atoms with E-state index in [9.17, 15) is 0 Å². The molecular weight excluding hydrogens is 248 g/mol. The SMILES string of the molecule is c1cc2cc(c1)C(CCCCC1Oc3cccc1c3)O2. The maximum absolute atomic E-state index is 5.87. The van der Waals surface area contributed by atoms with Crippen molar-refractivity contribution >= 4 is 0 Å². The zero-order valence-electron chi connectivity index (χ0n) is 11.4. The van der Waals surface area contributed by atoms with Gasteiger partial charge >= 0.3 is 0 Å². The zero-order chi connectivity index (χ0) is 13.4. The minimum atomic E-state index is 0.269. The van der Waals surface area contributed by atoms with Gasteiger partial charge in [0.1, 0.15) is 23.7 Å². The molecule has 102 valence electrons. The Morgan fingerprint density at radius 3 is 1.65 bits per heavy atom. The Bertz CT molecular complexity index is 565. The molecule has 2 aliphatic rings. The predicted molar refractivity (Wildman–Crippen MR) is 78.1 cm³/mol. The molecule has 2 heterocycles. The number of ether oxygens (including phenoxy) is 2. The summed E-state index contributed by atoms with van der Waals surface area (Å²) in [7, 11) is 0. The summed E-state index contributed by atoms with van der Waals surface area (Å²) in [6.45, 7) is 0. The van der Waals surface area contributed by atoms with Crippen LogP contribution in [0.3, 0.4) is 0 Å². The van der Waals surface area contributed by atoms with Crippen molar-refractivity contribution in [2.45, 2.75) is 37.9 Å². The lowest BCUT2D eigenvalue weighted by atomic mass is 10.0. The molecule has 4 rings (SSSR count). The molecule has 0 aliphatic carbocycles. The average Bonchev–Trinajstić information content (AvgIpc) is 2.91. The first-order valence-corrected chi connectivity index (χ1v) is 7.42. The van der Waals surface area contributed by atoms with Crippen LogP contribution in [-0.4, -0.2) is 0 Å². The van der Waals surface area contributed by atoms with Gasteiger partial charge in [0.05, 0.1) is 0 Å². The van der Waals surface area contributed by atoms with Crippen molar-refractivity contribution < 1.29 is 9.47 Å². The lowest BCUT2D eigenvalue weighted by molar-refractivity contribution is 0.191. The molecule has 0 N–H and O–H groups in total. The van der Waals surface area contributed by atoms with Gasteiger partial charge in [0.2, 0.25) is 0 Å². The molecule has 4 bridgehead atoms. The van der Waals surface area contributed by atoms with Crippen LogP contribution in [0.1, 0.15) is 49.0 Å².